The minimum Gasteiger partial charge on any atom is -0.488 e. The second-order valence-corrected chi connectivity index (χ2v) is 6.32. The Morgan fingerprint density at radius 3 is 2.67 bits per heavy atom. The number of hydrogen-bond acceptors (Lipinski definition) is 5. The molecular formula is C19H20BrN3O4. The summed E-state index contributed by atoms with van der Waals surface area (Å²) in [6.45, 7) is 0.968. The minimum atomic E-state index is -0.857. The number of amides is 2. The Hall–Kier alpha value is -2.71. The van der Waals surface area contributed by atoms with Crippen LogP contribution in [0.4, 0.5) is 0 Å². The van der Waals surface area contributed by atoms with Crippen LogP contribution < -0.4 is 15.5 Å². The highest BCUT2D eigenvalue weighted by Crippen LogP contribution is 2.22. The van der Waals surface area contributed by atoms with Crippen molar-refractivity contribution in [3.05, 3.63) is 64.1 Å². The fraction of sp³-hybridized carbons (Fsp3) is 0.211. The number of ether oxygens (including phenoxy) is 2. The van der Waals surface area contributed by atoms with Crippen molar-refractivity contribution in [2.75, 3.05) is 20.3 Å². The molecule has 2 aromatic carbocycles. The van der Waals surface area contributed by atoms with E-state index in [0.29, 0.717) is 24.5 Å². The predicted octanol–water partition coefficient (Wildman–Crippen LogP) is 2.24. The number of methoxy groups -OCH3 is 1. The van der Waals surface area contributed by atoms with Gasteiger partial charge in [-0.05, 0) is 23.8 Å². The molecule has 142 valence electrons. The maximum absolute atomic E-state index is 11.7. The van der Waals surface area contributed by atoms with E-state index < -0.39 is 11.8 Å². The summed E-state index contributed by atoms with van der Waals surface area (Å²) in [4.78, 5) is 23.2. The van der Waals surface area contributed by atoms with Gasteiger partial charge < -0.3 is 14.8 Å². The minimum absolute atomic E-state index is 0.246. The Kier molecular flexibility index (Phi) is 8.47. The average molecular weight is 434 g/mol. The Labute approximate surface area is 165 Å². The monoisotopic (exact) mass is 433 g/mol. The lowest BCUT2D eigenvalue weighted by Gasteiger charge is -2.09. The van der Waals surface area contributed by atoms with Crippen LogP contribution in [0.1, 0.15) is 11.1 Å². The highest BCUT2D eigenvalue weighted by Gasteiger charge is 2.11. The van der Waals surface area contributed by atoms with Crippen LogP contribution in [0.5, 0.6) is 5.75 Å². The highest BCUT2D eigenvalue weighted by molar-refractivity contribution is 9.10. The second-order valence-electron chi connectivity index (χ2n) is 5.40. The first kappa shape index (κ1) is 20.6. The molecule has 0 atom stereocenters. The van der Waals surface area contributed by atoms with E-state index >= 15 is 0 Å². The Morgan fingerprint density at radius 1 is 1.15 bits per heavy atom. The summed E-state index contributed by atoms with van der Waals surface area (Å²) >= 11 is 3.39. The van der Waals surface area contributed by atoms with Crippen molar-refractivity contribution < 1.29 is 19.1 Å². The van der Waals surface area contributed by atoms with Crippen LogP contribution >= 0.6 is 15.9 Å². The van der Waals surface area contributed by atoms with E-state index in [1.807, 2.05) is 36.4 Å². The summed E-state index contributed by atoms with van der Waals surface area (Å²) in [5.74, 6) is -1.03. The Bertz CT molecular complexity index is 797. The summed E-state index contributed by atoms with van der Waals surface area (Å²) in [6.07, 6.45) is 1.42. The maximum Gasteiger partial charge on any atom is 0.329 e. The Morgan fingerprint density at radius 2 is 1.93 bits per heavy atom. The molecule has 2 rings (SSSR count). The van der Waals surface area contributed by atoms with Crippen molar-refractivity contribution in [2.24, 2.45) is 5.10 Å². The van der Waals surface area contributed by atoms with E-state index in [2.05, 4.69) is 31.8 Å². The number of hydrazone groups is 1. The molecule has 0 radical (unpaired) electrons. The molecule has 0 spiro atoms. The van der Waals surface area contributed by atoms with E-state index in [0.717, 1.165) is 10.0 Å². The molecule has 2 N–H and O–H groups in total. The topological polar surface area (TPSA) is 89.0 Å². The molecule has 0 saturated carbocycles. The molecule has 0 heterocycles. The third kappa shape index (κ3) is 7.20. The lowest BCUT2D eigenvalue weighted by atomic mass is 10.2. The van der Waals surface area contributed by atoms with Crippen molar-refractivity contribution in [3.63, 3.8) is 0 Å². The molecular weight excluding hydrogens is 414 g/mol. The fourth-order valence-corrected chi connectivity index (χ4v) is 2.42. The SMILES string of the molecule is COCCNC(=O)C(=O)N/N=C\c1cc(Br)ccc1OCc1ccccc1. The number of nitrogens with zero attached hydrogens (tertiary/aromatic N) is 1. The largest absolute Gasteiger partial charge is 0.488 e. The molecule has 0 aliphatic rings. The summed E-state index contributed by atoms with van der Waals surface area (Å²) < 4.78 is 11.5. The van der Waals surface area contributed by atoms with Gasteiger partial charge in [-0.15, -0.1) is 0 Å². The third-order valence-electron chi connectivity index (χ3n) is 3.38. The van der Waals surface area contributed by atoms with Gasteiger partial charge in [0.2, 0.25) is 0 Å². The maximum atomic E-state index is 11.7. The Balaban J connectivity index is 1.96. The zero-order chi connectivity index (χ0) is 19.5. The van der Waals surface area contributed by atoms with Gasteiger partial charge in [-0.25, -0.2) is 5.43 Å². The molecule has 2 aromatic rings. The van der Waals surface area contributed by atoms with Gasteiger partial charge in [0.1, 0.15) is 12.4 Å². The number of benzene rings is 2. The number of halogens is 1. The molecule has 0 aromatic heterocycles. The van der Waals surface area contributed by atoms with Gasteiger partial charge in [0, 0.05) is 23.7 Å². The van der Waals surface area contributed by atoms with Crippen LogP contribution in [0, 0.1) is 0 Å². The number of rotatable bonds is 8. The predicted molar refractivity (Wildman–Crippen MR) is 106 cm³/mol. The zero-order valence-corrected chi connectivity index (χ0v) is 16.4. The van der Waals surface area contributed by atoms with Crippen LogP contribution in [-0.2, 0) is 20.9 Å². The molecule has 0 aliphatic carbocycles. The van der Waals surface area contributed by atoms with Crippen molar-refractivity contribution >= 4 is 34.0 Å². The molecule has 2 amide bonds. The summed E-state index contributed by atoms with van der Waals surface area (Å²) in [6, 6.07) is 15.2. The van der Waals surface area contributed by atoms with Crippen LogP contribution in [0.3, 0.4) is 0 Å². The summed E-state index contributed by atoms with van der Waals surface area (Å²) in [5, 5.41) is 6.24. The van der Waals surface area contributed by atoms with Gasteiger partial charge >= 0.3 is 11.8 Å². The first-order chi connectivity index (χ1) is 13.1. The van der Waals surface area contributed by atoms with Crippen molar-refractivity contribution in [2.45, 2.75) is 6.61 Å². The van der Waals surface area contributed by atoms with E-state index in [4.69, 9.17) is 9.47 Å². The van der Waals surface area contributed by atoms with Gasteiger partial charge in [-0.1, -0.05) is 46.3 Å². The van der Waals surface area contributed by atoms with Crippen LogP contribution in [0.25, 0.3) is 0 Å². The first-order valence-electron chi connectivity index (χ1n) is 8.16. The molecule has 0 fully saturated rings. The number of carbonyl (C=O) groups excluding carboxylic acids is 2. The van der Waals surface area contributed by atoms with Crippen molar-refractivity contribution in [1.29, 1.82) is 0 Å². The smallest absolute Gasteiger partial charge is 0.329 e. The van der Waals surface area contributed by atoms with Crippen LogP contribution in [0.15, 0.2) is 58.1 Å². The highest BCUT2D eigenvalue weighted by atomic mass is 79.9. The van der Waals surface area contributed by atoms with Gasteiger partial charge in [-0.2, -0.15) is 5.10 Å². The first-order valence-corrected chi connectivity index (χ1v) is 8.96. The summed E-state index contributed by atoms with van der Waals surface area (Å²) in [5.41, 5.74) is 3.87. The molecule has 0 aliphatic heterocycles. The standard InChI is InChI=1S/C19H20BrN3O4/c1-26-10-9-21-18(24)19(25)23-22-12-15-11-16(20)7-8-17(15)27-13-14-5-3-2-4-6-14/h2-8,11-12H,9-10,13H2,1H3,(H,21,24)(H,23,25)/b22-12-. The zero-order valence-electron chi connectivity index (χ0n) is 14.8. The average Bonchev–Trinajstić information content (AvgIpc) is 2.68. The third-order valence-corrected chi connectivity index (χ3v) is 3.87. The molecule has 8 heteroatoms. The fourth-order valence-electron chi connectivity index (χ4n) is 2.05. The van der Waals surface area contributed by atoms with Crippen molar-refractivity contribution in [1.82, 2.24) is 10.7 Å². The molecule has 27 heavy (non-hydrogen) atoms. The van der Waals surface area contributed by atoms with Gasteiger partial charge in [0.25, 0.3) is 0 Å². The summed E-state index contributed by atoms with van der Waals surface area (Å²) in [7, 11) is 1.51. The quantitative estimate of drug-likeness (QED) is 0.289. The second kappa shape index (κ2) is 11.1. The van der Waals surface area contributed by atoms with Crippen LogP contribution in [-0.4, -0.2) is 38.3 Å². The molecule has 0 unspecified atom stereocenters. The number of carbonyl (C=O) groups is 2. The molecule has 7 nitrogen and oxygen atoms in total. The van der Waals surface area contributed by atoms with Gasteiger partial charge in [0.05, 0.1) is 12.8 Å². The van der Waals surface area contributed by atoms with E-state index in [1.165, 1.54) is 13.3 Å². The molecule has 0 saturated heterocycles. The lowest BCUT2D eigenvalue weighted by molar-refractivity contribution is -0.139. The van der Waals surface area contributed by atoms with E-state index in [1.54, 1.807) is 12.1 Å². The molecule has 0 bridgehead atoms. The lowest BCUT2D eigenvalue weighted by Crippen LogP contribution is -2.39. The van der Waals surface area contributed by atoms with E-state index in [-0.39, 0.29) is 6.54 Å². The number of nitrogens with one attached hydrogen (secondary N) is 2. The van der Waals surface area contributed by atoms with Crippen molar-refractivity contribution in [3.8, 4) is 5.75 Å². The van der Waals surface area contributed by atoms with Gasteiger partial charge in [-0.3, -0.25) is 9.59 Å². The number of hydrogen-bond donors (Lipinski definition) is 2. The van der Waals surface area contributed by atoms with Gasteiger partial charge in [0.15, 0.2) is 0 Å². The van der Waals surface area contributed by atoms with Crippen LogP contribution in [0.2, 0.25) is 0 Å². The normalized spacial score (nSPS) is 10.6. The van der Waals surface area contributed by atoms with E-state index in [9.17, 15) is 9.59 Å².